The van der Waals surface area contributed by atoms with Gasteiger partial charge in [0.15, 0.2) is 5.82 Å². The molecule has 0 saturated heterocycles. The summed E-state index contributed by atoms with van der Waals surface area (Å²) in [5.41, 5.74) is 10.8. The third-order valence-electron chi connectivity index (χ3n) is 1.85. The summed E-state index contributed by atoms with van der Waals surface area (Å²) >= 11 is 0. The minimum absolute atomic E-state index is 0.00196. The fraction of sp³-hybridized carbons (Fsp3) is 0.143. The standard InChI is InChI=1S/C7H8N8O2/c8-6-11-4(12-7(9)13-6)1-14-2-5(10-3-14)15(16)17/h2-3H,1H2,(H4,8,9,11,12,13). The van der Waals surface area contributed by atoms with E-state index in [2.05, 4.69) is 19.9 Å². The molecule has 0 unspecified atom stereocenters. The summed E-state index contributed by atoms with van der Waals surface area (Å²) in [5, 5.41) is 10.4. The van der Waals surface area contributed by atoms with Crippen LogP contribution in [0.4, 0.5) is 17.7 Å². The number of nitrogen functional groups attached to an aromatic ring is 2. The quantitative estimate of drug-likeness (QED) is 0.518. The Kier molecular flexibility index (Phi) is 2.52. The average molecular weight is 236 g/mol. The minimum atomic E-state index is -0.591. The number of aromatic nitrogens is 5. The summed E-state index contributed by atoms with van der Waals surface area (Å²) in [6, 6.07) is 0. The van der Waals surface area contributed by atoms with Gasteiger partial charge in [-0.3, -0.25) is 0 Å². The third kappa shape index (κ3) is 2.42. The molecule has 0 spiro atoms. The van der Waals surface area contributed by atoms with Crippen LogP contribution in [0, 0.1) is 10.1 Å². The molecule has 2 aromatic heterocycles. The lowest BCUT2D eigenvalue weighted by molar-refractivity contribution is -0.389. The van der Waals surface area contributed by atoms with Crippen LogP contribution >= 0.6 is 0 Å². The minimum Gasteiger partial charge on any atom is -0.368 e. The first-order chi connectivity index (χ1) is 8.04. The molecule has 0 aromatic carbocycles. The average Bonchev–Trinajstić information content (AvgIpc) is 2.64. The molecule has 10 heteroatoms. The Morgan fingerprint density at radius 3 is 2.47 bits per heavy atom. The van der Waals surface area contributed by atoms with Crippen molar-refractivity contribution in [3.63, 3.8) is 0 Å². The number of nitro groups is 1. The first-order valence-electron chi connectivity index (χ1n) is 4.46. The van der Waals surface area contributed by atoms with Gasteiger partial charge in [0.2, 0.25) is 18.2 Å². The van der Waals surface area contributed by atoms with Crippen molar-refractivity contribution in [3.05, 3.63) is 28.5 Å². The number of hydrogen-bond donors (Lipinski definition) is 2. The highest BCUT2D eigenvalue weighted by atomic mass is 16.6. The fourth-order valence-electron chi connectivity index (χ4n) is 1.22. The van der Waals surface area contributed by atoms with Gasteiger partial charge in [-0.2, -0.15) is 15.0 Å². The second-order valence-corrected chi connectivity index (χ2v) is 3.13. The van der Waals surface area contributed by atoms with Crippen LogP contribution in [0.1, 0.15) is 5.82 Å². The number of anilines is 2. The molecular weight excluding hydrogens is 228 g/mol. The van der Waals surface area contributed by atoms with E-state index in [0.717, 1.165) is 0 Å². The van der Waals surface area contributed by atoms with E-state index in [1.54, 1.807) is 0 Å². The Morgan fingerprint density at radius 2 is 1.94 bits per heavy atom. The van der Waals surface area contributed by atoms with Crippen LogP contribution in [0.25, 0.3) is 0 Å². The summed E-state index contributed by atoms with van der Waals surface area (Å²) in [6.07, 6.45) is 2.56. The highest BCUT2D eigenvalue weighted by molar-refractivity contribution is 5.26. The Balaban J connectivity index is 2.22. The molecule has 0 atom stereocenters. The SMILES string of the molecule is Nc1nc(N)nc(Cn2cnc([N+](=O)[O-])c2)n1. The second-order valence-electron chi connectivity index (χ2n) is 3.13. The van der Waals surface area contributed by atoms with Crippen molar-refractivity contribution in [2.45, 2.75) is 6.54 Å². The zero-order valence-electron chi connectivity index (χ0n) is 8.52. The largest absolute Gasteiger partial charge is 0.381 e. The molecule has 0 bridgehead atoms. The van der Waals surface area contributed by atoms with Gasteiger partial charge in [-0.25, -0.2) is 0 Å². The molecule has 17 heavy (non-hydrogen) atoms. The number of nitrogens with zero attached hydrogens (tertiary/aromatic N) is 6. The van der Waals surface area contributed by atoms with Crippen molar-refractivity contribution in [3.8, 4) is 0 Å². The summed E-state index contributed by atoms with van der Waals surface area (Å²) in [4.78, 5) is 24.7. The topological polar surface area (TPSA) is 152 Å². The summed E-state index contributed by atoms with van der Waals surface area (Å²) in [6.45, 7) is 0.178. The first kappa shape index (κ1) is 10.7. The zero-order chi connectivity index (χ0) is 12.4. The van der Waals surface area contributed by atoms with Crippen molar-refractivity contribution in [1.29, 1.82) is 0 Å². The van der Waals surface area contributed by atoms with Crippen LogP contribution in [0.3, 0.4) is 0 Å². The third-order valence-corrected chi connectivity index (χ3v) is 1.85. The maximum atomic E-state index is 10.4. The van der Waals surface area contributed by atoms with E-state index in [1.807, 2.05) is 0 Å². The predicted molar refractivity (Wildman–Crippen MR) is 56.6 cm³/mol. The monoisotopic (exact) mass is 236 g/mol. The van der Waals surface area contributed by atoms with Crippen LogP contribution in [0.15, 0.2) is 12.5 Å². The Hall–Kier alpha value is -2.78. The van der Waals surface area contributed by atoms with Crippen molar-refractivity contribution in [2.24, 2.45) is 0 Å². The maximum absolute atomic E-state index is 10.4. The molecule has 0 saturated carbocycles. The molecular formula is C7H8N8O2. The van der Waals surface area contributed by atoms with Crippen LogP contribution in [-0.4, -0.2) is 29.4 Å². The molecule has 0 amide bonds. The Labute approximate surface area is 94.5 Å². The van der Waals surface area contributed by atoms with Crippen molar-refractivity contribution < 1.29 is 4.92 Å². The lowest BCUT2D eigenvalue weighted by atomic mass is 10.5. The molecule has 0 aliphatic rings. The van der Waals surface area contributed by atoms with Gasteiger partial charge in [0.1, 0.15) is 6.20 Å². The van der Waals surface area contributed by atoms with Gasteiger partial charge >= 0.3 is 5.82 Å². The second kappa shape index (κ2) is 4.00. The maximum Gasteiger partial charge on any atom is 0.381 e. The molecule has 2 heterocycles. The molecule has 10 nitrogen and oxygen atoms in total. The van der Waals surface area contributed by atoms with E-state index >= 15 is 0 Å². The van der Waals surface area contributed by atoms with Gasteiger partial charge in [-0.05, 0) is 9.91 Å². The number of imidazole rings is 1. The zero-order valence-corrected chi connectivity index (χ0v) is 8.52. The lowest BCUT2D eigenvalue weighted by Gasteiger charge is -2.01. The normalized spacial score (nSPS) is 10.4. The van der Waals surface area contributed by atoms with E-state index in [-0.39, 0.29) is 24.3 Å². The molecule has 0 aliphatic heterocycles. The summed E-state index contributed by atoms with van der Waals surface area (Å²) < 4.78 is 1.45. The number of nitrogens with two attached hydrogens (primary N) is 2. The highest BCUT2D eigenvalue weighted by Crippen LogP contribution is 2.07. The molecule has 88 valence electrons. The van der Waals surface area contributed by atoms with Gasteiger partial charge in [0.25, 0.3) is 0 Å². The van der Waals surface area contributed by atoms with E-state index in [4.69, 9.17) is 11.5 Å². The van der Waals surface area contributed by atoms with Crippen LogP contribution in [0.2, 0.25) is 0 Å². The van der Waals surface area contributed by atoms with E-state index in [0.29, 0.717) is 5.82 Å². The fourth-order valence-corrected chi connectivity index (χ4v) is 1.22. The van der Waals surface area contributed by atoms with Crippen molar-refractivity contribution in [2.75, 3.05) is 11.5 Å². The Bertz CT molecular complexity index is 545. The van der Waals surface area contributed by atoms with Crippen LogP contribution in [0.5, 0.6) is 0 Å². The van der Waals surface area contributed by atoms with Gasteiger partial charge in [0, 0.05) is 0 Å². The Morgan fingerprint density at radius 1 is 1.29 bits per heavy atom. The molecule has 0 aliphatic carbocycles. The predicted octanol–water partition coefficient (Wildman–Crippen LogP) is -0.811. The van der Waals surface area contributed by atoms with E-state index < -0.39 is 4.92 Å². The number of hydrogen-bond acceptors (Lipinski definition) is 8. The van der Waals surface area contributed by atoms with E-state index in [9.17, 15) is 10.1 Å². The van der Waals surface area contributed by atoms with Gasteiger partial charge in [-0.1, -0.05) is 0 Å². The van der Waals surface area contributed by atoms with Crippen LogP contribution < -0.4 is 11.5 Å². The first-order valence-corrected chi connectivity index (χ1v) is 4.46. The lowest BCUT2D eigenvalue weighted by Crippen LogP contribution is -2.09. The summed E-state index contributed by atoms with van der Waals surface area (Å²) in [5.74, 6) is 0.0616. The molecule has 2 rings (SSSR count). The van der Waals surface area contributed by atoms with Gasteiger partial charge in [0.05, 0.1) is 6.54 Å². The summed E-state index contributed by atoms with van der Waals surface area (Å²) in [7, 11) is 0. The highest BCUT2D eigenvalue weighted by Gasteiger charge is 2.11. The van der Waals surface area contributed by atoms with Crippen molar-refractivity contribution >= 4 is 17.7 Å². The molecule has 4 N–H and O–H groups in total. The van der Waals surface area contributed by atoms with E-state index in [1.165, 1.54) is 17.1 Å². The smallest absolute Gasteiger partial charge is 0.368 e. The van der Waals surface area contributed by atoms with Gasteiger partial charge in [-0.15, -0.1) is 0 Å². The molecule has 2 aromatic rings. The van der Waals surface area contributed by atoms with Gasteiger partial charge < -0.3 is 26.1 Å². The van der Waals surface area contributed by atoms with Crippen molar-refractivity contribution in [1.82, 2.24) is 24.5 Å². The molecule has 0 fully saturated rings. The molecule has 0 radical (unpaired) electrons. The number of rotatable bonds is 3. The van der Waals surface area contributed by atoms with Crippen LogP contribution in [-0.2, 0) is 6.54 Å².